The van der Waals surface area contributed by atoms with Gasteiger partial charge >= 0.3 is 0 Å². The molecule has 0 spiro atoms. The third kappa shape index (κ3) is 5.11. The summed E-state index contributed by atoms with van der Waals surface area (Å²) in [6.07, 6.45) is 5.16. The Morgan fingerprint density at radius 1 is 1.05 bits per heavy atom. The quantitative estimate of drug-likeness (QED) is 0.686. The molecule has 0 bridgehead atoms. The maximum Gasteiger partial charge on any atom is 0.161 e. The van der Waals surface area contributed by atoms with Gasteiger partial charge in [-0.05, 0) is 37.6 Å². The van der Waals surface area contributed by atoms with E-state index in [9.17, 15) is 0 Å². The van der Waals surface area contributed by atoms with E-state index in [0.29, 0.717) is 6.04 Å². The fraction of sp³-hybridized carbons (Fsp3) is 0.625. The summed E-state index contributed by atoms with van der Waals surface area (Å²) in [4.78, 5) is 0. The van der Waals surface area contributed by atoms with E-state index in [4.69, 9.17) is 9.47 Å². The second-order valence-electron chi connectivity index (χ2n) is 4.85. The van der Waals surface area contributed by atoms with Crippen molar-refractivity contribution >= 4 is 0 Å². The fourth-order valence-corrected chi connectivity index (χ4v) is 2.11. The van der Waals surface area contributed by atoms with Crippen molar-refractivity contribution in [1.29, 1.82) is 0 Å². The number of rotatable bonds is 9. The van der Waals surface area contributed by atoms with E-state index in [0.717, 1.165) is 18.0 Å². The van der Waals surface area contributed by atoms with Gasteiger partial charge < -0.3 is 14.8 Å². The molecule has 0 saturated heterocycles. The van der Waals surface area contributed by atoms with E-state index in [1.165, 1.54) is 31.2 Å². The molecule has 1 unspecified atom stereocenters. The standard InChI is InChI=1S/C16H27NO2/c1-5-6-7-8-11-17-13(2)14-9-10-15(18-3)16(12-14)19-4/h9-10,12-13,17H,5-8,11H2,1-4H3. The third-order valence-corrected chi connectivity index (χ3v) is 3.39. The Labute approximate surface area is 117 Å². The highest BCUT2D eigenvalue weighted by Gasteiger charge is 2.09. The summed E-state index contributed by atoms with van der Waals surface area (Å²) in [5, 5.41) is 3.55. The van der Waals surface area contributed by atoms with E-state index in [1.54, 1.807) is 14.2 Å². The molecule has 3 nitrogen and oxygen atoms in total. The average molecular weight is 265 g/mol. The van der Waals surface area contributed by atoms with Crippen LogP contribution in [-0.2, 0) is 0 Å². The molecule has 0 aliphatic rings. The minimum Gasteiger partial charge on any atom is -0.493 e. The van der Waals surface area contributed by atoms with Crippen LogP contribution in [0.4, 0.5) is 0 Å². The molecule has 0 aromatic heterocycles. The first-order valence-electron chi connectivity index (χ1n) is 7.18. The van der Waals surface area contributed by atoms with E-state index >= 15 is 0 Å². The predicted molar refractivity (Wildman–Crippen MR) is 80.1 cm³/mol. The smallest absolute Gasteiger partial charge is 0.161 e. The highest BCUT2D eigenvalue weighted by atomic mass is 16.5. The van der Waals surface area contributed by atoms with Crippen molar-refractivity contribution in [2.45, 2.75) is 45.6 Å². The summed E-state index contributed by atoms with van der Waals surface area (Å²) in [6, 6.07) is 6.43. The van der Waals surface area contributed by atoms with Crippen molar-refractivity contribution in [3.63, 3.8) is 0 Å². The molecule has 1 aromatic rings. The summed E-state index contributed by atoms with van der Waals surface area (Å²) < 4.78 is 10.6. The lowest BCUT2D eigenvalue weighted by atomic mass is 10.1. The maximum atomic E-state index is 5.33. The number of benzene rings is 1. The summed E-state index contributed by atoms with van der Waals surface area (Å²) in [7, 11) is 3.33. The van der Waals surface area contributed by atoms with E-state index < -0.39 is 0 Å². The van der Waals surface area contributed by atoms with Crippen molar-refractivity contribution < 1.29 is 9.47 Å². The van der Waals surface area contributed by atoms with Crippen molar-refractivity contribution in [3.05, 3.63) is 23.8 Å². The molecule has 108 valence electrons. The second kappa shape index (κ2) is 8.81. The van der Waals surface area contributed by atoms with Gasteiger partial charge in [-0.1, -0.05) is 32.3 Å². The second-order valence-corrected chi connectivity index (χ2v) is 4.85. The Bertz CT molecular complexity index is 366. The normalized spacial score (nSPS) is 12.2. The van der Waals surface area contributed by atoms with Gasteiger partial charge in [-0.25, -0.2) is 0 Å². The van der Waals surface area contributed by atoms with Crippen LogP contribution in [0.25, 0.3) is 0 Å². The Morgan fingerprint density at radius 2 is 1.79 bits per heavy atom. The molecule has 1 rings (SSSR count). The van der Waals surface area contributed by atoms with Gasteiger partial charge in [-0.2, -0.15) is 0 Å². The molecule has 0 fully saturated rings. The highest BCUT2D eigenvalue weighted by Crippen LogP contribution is 2.29. The first kappa shape index (κ1) is 15.8. The van der Waals surface area contributed by atoms with Gasteiger partial charge in [-0.15, -0.1) is 0 Å². The minimum absolute atomic E-state index is 0.335. The van der Waals surface area contributed by atoms with Crippen LogP contribution in [0, 0.1) is 0 Å². The number of hydrogen-bond acceptors (Lipinski definition) is 3. The van der Waals surface area contributed by atoms with Crippen molar-refractivity contribution in [2.24, 2.45) is 0 Å². The zero-order valence-electron chi connectivity index (χ0n) is 12.7. The Balaban J connectivity index is 2.49. The van der Waals surface area contributed by atoms with E-state index in [-0.39, 0.29) is 0 Å². The lowest BCUT2D eigenvalue weighted by Crippen LogP contribution is -2.19. The topological polar surface area (TPSA) is 30.5 Å². The zero-order chi connectivity index (χ0) is 14.1. The number of hydrogen-bond donors (Lipinski definition) is 1. The number of unbranched alkanes of at least 4 members (excludes halogenated alkanes) is 3. The van der Waals surface area contributed by atoms with Crippen LogP contribution in [-0.4, -0.2) is 20.8 Å². The third-order valence-electron chi connectivity index (χ3n) is 3.39. The van der Waals surface area contributed by atoms with Crippen molar-refractivity contribution in [3.8, 4) is 11.5 Å². The first-order valence-corrected chi connectivity index (χ1v) is 7.18. The largest absolute Gasteiger partial charge is 0.493 e. The lowest BCUT2D eigenvalue weighted by molar-refractivity contribution is 0.354. The van der Waals surface area contributed by atoms with Gasteiger partial charge in [0.1, 0.15) is 0 Å². The molecule has 0 aliphatic heterocycles. The zero-order valence-corrected chi connectivity index (χ0v) is 12.7. The Morgan fingerprint density at radius 3 is 2.42 bits per heavy atom. The van der Waals surface area contributed by atoms with Gasteiger partial charge in [-0.3, -0.25) is 0 Å². The molecule has 3 heteroatoms. The average Bonchev–Trinajstić information content (AvgIpc) is 2.46. The predicted octanol–water partition coefficient (Wildman–Crippen LogP) is 3.93. The monoisotopic (exact) mass is 265 g/mol. The molecule has 1 aromatic carbocycles. The Hall–Kier alpha value is -1.22. The van der Waals surface area contributed by atoms with E-state index in [1.807, 2.05) is 12.1 Å². The van der Waals surface area contributed by atoms with Crippen molar-refractivity contribution in [1.82, 2.24) is 5.32 Å². The molecule has 0 aliphatic carbocycles. The Kier molecular flexibility index (Phi) is 7.34. The van der Waals surface area contributed by atoms with Gasteiger partial charge in [0, 0.05) is 6.04 Å². The van der Waals surface area contributed by atoms with Gasteiger partial charge in [0.2, 0.25) is 0 Å². The number of nitrogens with one attached hydrogen (secondary N) is 1. The van der Waals surface area contributed by atoms with Crippen molar-refractivity contribution in [2.75, 3.05) is 20.8 Å². The van der Waals surface area contributed by atoms with Crippen LogP contribution in [0.1, 0.15) is 51.1 Å². The highest BCUT2D eigenvalue weighted by molar-refractivity contribution is 5.43. The van der Waals surface area contributed by atoms with Crippen LogP contribution in [0.2, 0.25) is 0 Å². The first-order chi connectivity index (χ1) is 9.22. The van der Waals surface area contributed by atoms with E-state index in [2.05, 4.69) is 25.2 Å². The van der Waals surface area contributed by atoms with Gasteiger partial charge in [0.15, 0.2) is 11.5 Å². The number of ether oxygens (including phenoxy) is 2. The molecule has 0 saturated carbocycles. The van der Waals surface area contributed by atoms with Gasteiger partial charge in [0.05, 0.1) is 14.2 Å². The fourth-order valence-electron chi connectivity index (χ4n) is 2.11. The molecule has 19 heavy (non-hydrogen) atoms. The number of methoxy groups -OCH3 is 2. The molecule has 1 N–H and O–H groups in total. The summed E-state index contributed by atoms with van der Waals surface area (Å²) in [5.41, 5.74) is 1.23. The van der Waals surface area contributed by atoms with Crippen LogP contribution < -0.4 is 14.8 Å². The summed E-state index contributed by atoms with van der Waals surface area (Å²) in [6.45, 7) is 5.48. The summed E-state index contributed by atoms with van der Waals surface area (Å²) >= 11 is 0. The van der Waals surface area contributed by atoms with Crippen LogP contribution in [0.15, 0.2) is 18.2 Å². The molecule has 0 heterocycles. The van der Waals surface area contributed by atoms with Crippen LogP contribution in [0.5, 0.6) is 11.5 Å². The summed E-state index contributed by atoms with van der Waals surface area (Å²) in [5.74, 6) is 1.57. The minimum atomic E-state index is 0.335. The van der Waals surface area contributed by atoms with Gasteiger partial charge in [0.25, 0.3) is 0 Å². The van der Waals surface area contributed by atoms with Crippen LogP contribution in [0.3, 0.4) is 0 Å². The molecular weight excluding hydrogens is 238 g/mol. The lowest BCUT2D eigenvalue weighted by Gasteiger charge is -2.16. The molecule has 0 radical (unpaired) electrons. The molecular formula is C16H27NO2. The molecule has 0 amide bonds. The maximum absolute atomic E-state index is 5.33. The van der Waals surface area contributed by atoms with Crippen LogP contribution >= 0.6 is 0 Å². The SMILES string of the molecule is CCCCCCNC(C)c1ccc(OC)c(OC)c1. The molecule has 1 atom stereocenters.